The molecule has 1 N–H and O–H groups in total. The largest absolute Gasteiger partial charge is 0.489 e. The standard InChI is InChI=1S/C22H21ClFNO/c23-20-9-5-18(6-10-20)16-26-22-4-2-1-3-19(22)15-25-14-13-17-7-11-21(24)12-8-17/h1-12,25H,13-16H2. The molecule has 2 nitrogen and oxygen atoms in total. The number of hydrogen-bond donors (Lipinski definition) is 1. The van der Waals surface area contributed by atoms with Crippen LogP contribution in [-0.2, 0) is 19.6 Å². The minimum absolute atomic E-state index is 0.200. The van der Waals surface area contributed by atoms with E-state index in [4.69, 9.17) is 16.3 Å². The Morgan fingerprint density at radius 2 is 1.54 bits per heavy atom. The second-order valence-electron chi connectivity index (χ2n) is 6.08. The normalized spacial score (nSPS) is 10.7. The maximum atomic E-state index is 12.9. The van der Waals surface area contributed by atoms with Crippen LogP contribution in [0.1, 0.15) is 16.7 Å². The summed E-state index contributed by atoms with van der Waals surface area (Å²) in [4.78, 5) is 0. The summed E-state index contributed by atoms with van der Waals surface area (Å²) >= 11 is 5.91. The molecule has 0 aliphatic rings. The molecule has 0 atom stereocenters. The maximum Gasteiger partial charge on any atom is 0.124 e. The molecule has 0 aromatic heterocycles. The van der Waals surface area contributed by atoms with E-state index < -0.39 is 0 Å². The van der Waals surface area contributed by atoms with Crippen molar-refractivity contribution in [1.82, 2.24) is 5.32 Å². The fourth-order valence-corrected chi connectivity index (χ4v) is 2.77. The van der Waals surface area contributed by atoms with Crippen LogP contribution in [0.25, 0.3) is 0 Å². The minimum Gasteiger partial charge on any atom is -0.489 e. The van der Waals surface area contributed by atoms with Gasteiger partial charge in [0.15, 0.2) is 0 Å². The van der Waals surface area contributed by atoms with E-state index >= 15 is 0 Å². The van der Waals surface area contributed by atoms with Gasteiger partial charge in [0.1, 0.15) is 18.2 Å². The summed E-state index contributed by atoms with van der Waals surface area (Å²) in [5.41, 5.74) is 3.31. The summed E-state index contributed by atoms with van der Waals surface area (Å²) in [7, 11) is 0. The van der Waals surface area contributed by atoms with Gasteiger partial charge in [-0.05, 0) is 54.4 Å². The van der Waals surface area contributed by atoms with Crippen molar-refractivity contribution in [3.63, 3.8) is 0 Å². The summed E-state index contributed by atoms with van der Waals surface area (Å²) in [5, 5.41) is 4.14. The molecule has 0 saturated carbocycles. The molecule has 0 unspecified atom stereocenters. The topological polar surface area (TPSA) is 21.3 Å². The van der Waals surface area contributed by atoms with Crippen LogP contribution < -0.4 is 10.1 Å². The molecule has 0 heterocycles. The molecule has 134 valence electrons. The van der Waals surface area contributed by atoms with E-state index in [-0.39, 0.29) is 5.82 Å². The first-order valence-electron chi connectivity index (χ1n) is 8.61. The second kappa shape index (κ2) is 9.37. The highest BCUT2D eigenvalue weighted by molar-refractivity contribution is 6.30. The first-order chi connectivity index (χ1) is 12.7. The Morgan fingerprint density at radius 3 is 2.31 bits per heavy atom. The lowest BCUT2D eigenvalue weighted by atomic mass is 10.1. The van der Waals surface area contributed by atoms with E-state index in [1.807, 2.05) is 54.6 Å². The Morgan fingerprint density at radius 1 is 0.846 bits per heavy atom. The van der Waals surface area contributed by atoms with Crippen LogP contribution in [0.4, 0.5) is 4.39 Å². The van der Waals surface area contributed by atoms with Crippen molar-refractivity contribution < 1.29 is 9.13 Å². The third-order valence-electron chi connectivity index (χ3n) is 4.10. The number of ether oxygens (including phenoxy) is 1. The van der Waals surface area contributed by atoms with E-state index in [1.165, 1.54) is 12.1 Å². The van der Waals surface area contributed by atoms with Crippen molar-refractivity contribution in [2.24, 2.45) is 0 Å². The molecule has 0 fully saturated rings. The predicted molar refractivity (Wildman–Crippen MR) is 104 cm³/mol. The molecule has 3 aromatic carbocycles. The lowest BCUT2D eigenvalue weighted by Crippen LogP contribution is -2.17. The van der Waals surface area contributed by atoms with Crippen LogP contribution in [0.2, 0.25) is 5.02 Å². The van der Waals surface area contributed by atoms with E-state index in [9.17, 15) is 4.39 Å². The number of rotatable bonds is 8. The van der Waals surface area contributed by atoms with Crippen molar-refractivity contribution in [1.29, 1.82) is 0 Å². The van der Waals surface area contributed by atoms with Crippen molar-refractivity contribution in [3.8, 4) is 5.75 Å². The Balaban J connectivity index is 1.50. The molecule has 26 heavy (non-hydrogen) atoms. The van der Waals surface area contributed by atoms with Gasteiger partial charge in [0.05, 0.1) is 0 Å². The Kier molecular flexibility index (Phi) is 6.64. The summed E-state index contributed by atoms with van der Waals surface area (Å²) in [5.74, 6) is 0.671. The van der Waals surface area contributed by atoms with Gasteiger partial charge in [0.25, 0.3) is 0 Å². The number of hydrogen-bond acceptors (Lipinski definition) is 2. The summed E-state index contributed by atoms with van der Waals surface area (Å²) in [6.45, 7) is 2.04. The van der Waals surface area contributed by atoms with Crippen molar-refractivity contribution in [3.05, 3.63) is 100 Å². The highest BCUT2D eigenvalue weighted by Crippen LogP contribution is 2.20. The van der Waals surface area contributed by atoms with Gasteiger partial charge in [0.2, 0.25) is 0 Å². The van der Waals surface area contributed by atoms with E-state index in [1.54, 1.807) is 0 Å². The Hall–Kier alpha value is -2.36. The van der Waals surface area contributed by atoms with Crippen LogP contribution in [-0.4, -0.2) is 6.54 Å². The van der Waals surface area contributed by atoms with E-state index in [2.05, 4.69) is 11.4 Å². The highest BCUT2D eigenvalue weighted by Gasteiger charge is 2.04. The lowest BCUT2D eigenvalue weighted by Gasteiger charge is -2.12. The number of halogens is 2. The smallest absolute Gasteiger partial charge is 0.124 e. The molecule has 0 aliphatic heterocycles. The molecule has 0 aliphatic carbocycles. The zero-order valence-corrected chi connectivity index (χ0v) is 15.2. The SMILES string of the molecule is Fc1ccc(CCNCc2ccccc2OCc2ccc(Cl)cc2)cc1. The fourth-order valence-electron chi connectivity index (χ4n) is 2.64. The molecule has 0 saturated heterocycles. The Bertz CT molecular complexity index is 818. The van der Waals surface area contributed by atoms with Crippen molar-refractivity contribution in [2.45, 2.75) is 19.6 Å². The lowest BCUT2D eigenvalue weighted by molar-refractivity contribution is 0.302. The molecule has 0 radical (unpaired) electrons. The zero-order chi connectivity index (χ0) is 18.2. The molecular formula is C22H21ClFNO. The molecule has 3 aromatic rings. The van der Waals surface area contributed by atoms with Gasteiger partial charge in [-0.1, -0.05) is 54.1 Å². The summed E-state index contributed by atoms with van der Waals surface area (Å²) in [6.07, 6.45) is 0.855. The van der Waals surface area contributed by atoms with E-state index in [0.717, 1.165) is 47.0 Å². The third-order valence-corrected chi connectivity index (χ3v) is 4.35. The molecule has 0 spiro atoms. The van der Waals surface area contributed by atoms with E-state index in [0.29, 0.717) is 6.61 Å². The number of benzene rings is 3. The van der Waals surface area contributed by atoms with Crippen LogP contribution in [0.15, 0.2) is 72.8 Å². The quantitative estimate of drug-likeness (QED) is 0.537. The van der Waals surface area contributed by atoms with Gasteiger partial charge in [-0.3, -0.25) is 0 Å². The van der Waals surface area contributed by atoms with Gasteiger partial charge in [-0.15, -0.1) is 0 Å². The average Bonchev–Trinajstić information content (AvgIpc) is 2.67. The van der Waals surface area contributed by atoms with Crippen molar-refractivity contribution >= 4 is 11.6 Å². The molecular weight excluding hydrogens is 349 g/mol. The van der Waals surface area contributed by atoms with Gasteiger partial charge in [-0.25, -0.2) is 4.39 Å². The molecule has 3 rings (SSSR count). The van der Waals surface area contributed by atoms with Gasteiger partial charge in [-0.2, -0.15) is 0 Å². The highest BCUT2D eigenvalue weighted by atomic mass is 35.5. The predicted octanol–water partition coefficient (Wildman–Crippen LogP) is 5.39. The second-order valence-corrected chi connectivity index (χ2v) is 6.51. The van der Waals surface area contributed by atoms with Crippen LogP contribution in [0.5, 0.6) is 5.75 Å². The monoisotopic (exact) mass is 369 g/mol. The summed E-state index contributed by atoms with van der Waals surface area (Å²) in [6, 6.07) is 22.3. The summed E-state index contributed by atoms with van der Waals surface area (Å²) < 4.78 is 18.9. The molecule has 0 bridgehead atoms. The van der Waals surface area contributed by atoms with Gasteiger partial charge < -0.3 is 10.1 Å². The first-order valence-corrected chi connectivity index (χ1v) is 8.99. The maximum absolute atomic E-state index is 12.9. The molecule has 4 heteroatoms. The first kappa shape index (κ1) is 18.4. The van der Waals surface area contributed by atoms with Gasteiger partial charge >= 0.3 is 0 Å². The third kappa shape index (κ3) is 5.58. The zero-order valence-electron chi connectivity index (χ0n) is 14.4. The number of para-hydroxylation sites is 1. The minimum atomic E-state index is -0.200. The van der Waals surface area contributed by atoms with Crippen LogP contribution >= 0.6 is 11.6 Å². The van der Waals surface area contributed by atoms with Crippen LogP contribution in [0.3, 0.4) is 0 Å². The fraction of sp³-hybridized carbons (Fsp3) is 0.182. The Labute approximate surface area is 158 Å². The van der Waals surface area contributed by atoms with Gasteiger partial charge in [0, 0.05) is 17.1 Å². The number of nitrogens with one attached hydrogen (secondary N) is 1. The average molecular weight is 370 g/mol. The van der Waals surface area contributed by atoms with Crippen molar-refractivity contribution in [2.75, 3.05) is 6.54 Å². The van der Waals surface area contributed by atoms with Crippen LogP contribution in [0, 0.1) is 5.82 Å². The molecule has 0 amide bonds.